The van der Waals surface area contributed by atoms with Crippen LogP contribution in [0, 0.1) is 19.3 Å². The quantitative estimate of drug-likeness (QED) is 0.566. The highest BCUT2D eigenvalue weighted by Gasteiger charge is 2.09. The molecule has 1 aromatic rings. The maximum atomic E-state index is 5.95. The predicted molar refractivity (Wildman–Crippen MR) is 53.1 cm³/mol. The fraction of sp³-hybridized carbons (Fsp3) is 0.455. The van der Waals surface area contributed by atoms with E-state index in [2.05, 4.69) is 5.92 Å². The number of hydrogen-bond acceptors (Lipinski definition) is 2. The first-order valence-corrected chi connectivity index (χ1v) is 4.48. The predicted octanol–water partition coefficient (Wildman–Crippen LogP) is 2.39. The van der Waals surface area contributed by atoms with E-state index < -0.39 is 0 Å². The van der Waals surface area contributed by atoms with E-state index in [1.807, 2.05) is 13.0 Å². The molecule has 0 radical (unpaired) electrons. The van der Waals surface area contributed by atoms with Crippen LogP contribution in [0.25, 0.3) is 0 Å². The van der Waals surface area contributed by atoms with Crippen LogP contribution < -0.4 is 5.73 Å². The number of aryl methyl sites for hydroxylation is 1. The Morgan fingerprint density at radius 3 is 3.00 bits per heavy atom. The number of furan rings is 1. The van der Waals surface area contributed by atoms with Crippen molar-refractivity contribution in [3.05, 3.63) is 23.7 Å². The van der Waals surface area contributed by atoms with E-state index in [-0.39, 0.29) is 6.04 Å². The van der Waals surface area contributed by atoms with Gasteiger partial charge in [-0.05, 0) is 25.8 Å². The first-order valence-electron chi connectivity index (χ1n) is 4.48. The summed E-state index contributed by atoms with van der Waals surface area (Å²) in [5.74, 6) is 3.51. The van der Waals surface area contributed by atoms with Gasteiger partial charge in [-0.25, -0.2) is 0 Å². The van der Waals surface area contributed by atoms with Crippen molar-refractivity contribution in [2.45, 2.75) is 32.2 Å². The number of nitrogens with two attached hydrogens (primary N) is 1. The van der Waals surface area contributed by atoms with E-state index in [9.17, 15) is 0 Å². The third-order valence-corrected chi connectivity index (χ3v) is 2.13. The van der Waals surface area contributed by atoms with Gasteiger partial charge in [-0.1, -0.05) is 0 Å². The zero-order chi connectivity index (χ0) is 9.68. The van der Waals surface area contributed by atoms with Gasteiger partial charge in [0, 0.05) is 18.0 Å². The zero-order valence-electron chi connectivity index (χ0n) is 7.92. The second kappa shape index (κ2) is 4.74. The molecule has 0 aliphatic heterocycles. The van der Waals surface area contributed by atoms with Gasteiger partial charge in [0.1, 0.15) is 5.76 Å². The Labute approximate surface area is 79.1 Å². The Bertz CT molecular complexity index is 295. The Morgan fingerprint density at radius 1 is 1.69 bits per heavy atom. The molecule has 1 heterocycles. The van der Waals surface area contributed by atoms with E-state index >= 15 is 0 Å². The van der Waals surface area contributed by atoms with Crippen LogP contribution in [0.5, 0.6) is 0 Å². The molecule has 0 aromatic carbocycles. The van der Waals surface area contributed by atoms with Crippen molar-refractivity contribution < 1.29 is 4.42 Å². The van der Waals surface area contributed by atoms with Gasteiger partial charge < -0.3 is 10.2 Å². The minimum Gasteiger partial charge on any atom is -0.469 e. The van der Waals surface area contributed by atoms with Crippen molar-refractivity contribution in [1.29, 1.82) is 0 Å². The number of hydrogen-bond donors (Lipinski definition) is 1. The number of rotatable bonds is 4. The minimum atomic E-state index is 0.0621. The lowest BCUT2D eigenvalue weighted by Gasteiger charge is -2.08. The fourth-order valence-electron chi connectivity index (χ4n) is 1.36. The molecule has 70 valence electrons. The molecule has 2 nitrogen and oxygen atoms in total. The summed E-state index contributed by atoms with van der Waals surface area (Å²) in [7, 11) is 0. The second-order valence-electron chi connectivity index (χ2n) is 3.13. The third-order valence-electron chi connectivity index (χ3n) is 2.13. The molecule has 2 heteroatoms. The van der Waals surface area contributed by atoms with Crippen molar-refractivity contribution >= 4 is 0 Å². The van der Waals surface area contributed by atoms with Crippen molar-refractivity contribution in [3.8, 4) is 12.3 Å². The molecule has 0 spiro atoms. The van der Waals surface area contributed by atoms with Crippen molar-refractivity contribution in [3.63, 3.8) is 0 Å². The summed E-state index contributed by atoms with van der Waals surface area (Å²) in [6, 6.07) is 1.99. The van der Waals surface area contributed by atoms with Crippen molar-refractivity contribution in [2.75, 3.05) is 0 Å². The van der Waals surface area contributed by atoms with E-state index in [4.69, 9.17) is 16.6 Å². The molecule has 0 aliphatic carbocycles. The molecule has 0 bridgehead atoms. The van der Waals surface area contributed by atoms with E-state index in [1.54, 1.807) is 6.26 Å². The second-order valence-corrected chi connectivity index (χ2v) is 3.13. The maximum Gasteiger partial charge on any atom is 0.105 e. The van der Waals surface area contributed by atoms with Crippen LogP contribution in [0.2, 0.25) is 0 Å². The van der Waals surface area contributed by atoms with Crippen LogP contribution in [-0.2, 0) is 0 Å². The van der Waals surface area contributed by atoms with Gasteiger partial charge in [-0.3, -0.25) is 0 Å². The molecule has 0 saturated heterocycles. The largest absolute Gasteiger partial charge is 0.469 e. The molecular weight excluding hydrogens is 162 g/mol. The van der Waals surface area contributed by atoms with Crippen LogP contribution in [0.3, 0.4) is 0 Å². The lowest BCUT2D eigenvalue weighted by molar-refractivity contribution is 0.518. The topological polar surface area (TPSA) is 39.2 Å². The lowest BCUT2D eigenvalue weighted by atomic mass is 10.0. The van der Waals surface area contributed by atoms with Crippen molar-refractivity contribution in [2.24, 2.45) is 5.73 Å². The normalized spacial score (nSPS) is 12.4. The average molecular weight is 177 g/mol. The first kappa shape index (κ1) is 9.88. The highest BCUT2D eigenvalue weighted by molar-refractivity contribution is 5.19. The molecule has 13 heavy (non-hydrogen) atoms. The molecule has 0 fully saturated rings. The van der Waals surface area contributed by atoms with Gasteiger partial charge >= 0.3 is 0 Å². The van der Waals surface area contributed by atoms with Gasteiger partial charge in [0.05, 0.1) is 6.26 Å². The highest BCUT2D eigenvalue weighted by Crippen LogP contribution is 2.20. The van der Waals surface area contributed by atoms with E-state index in [1.165, 1.54) is 0 Å². The maximum absolute atomic E-state index is 5.95. The third kappa shape index (κ3) is 2.64. The Kier molecular flexibility index (Phi) is 3.60. The minimum absolute atomic E-state index is 0.0621. The fourth-order valence-corrected chi connectivity index (χ4v) is 1.36. The summed E-state index contributed by atoms with van der Waals surface area (Å²) >= 11 is 0. The summed E-state index contributed by atoms with van der Waals surface area (Å²) in [4.78, 5) is 0. The van der Waals surface area contributed by atoms with Gasteiger partial charge in [0.25, 0.3) is 0 Å². The Balaban J connectivity index is 2.45. The molecule has 1 rings (SSSR count). The summed E-state index contributed by atoms with van der Waals surface area (Å²) < 4.78 is 5.17. The molecule has 1 atom stereocenters. The SMILES string of the molecule is C#CCCCC(N)c1ccoc1C. The molecule has 2 N–H and O–H groups in total. The zero-order valence-corrected chi connectivity index (χ0v) is 7.92. The molecule has 0 saturated carbocycles. The van der Waals surface area contributed by atoms with Crippen LogP contribution in [0.1, 0.15) is 36.6 Å². The Morgan fingerprint density at radius 2 is 2.46 bits per heavy atom. The number of terminal acetylenes is 1. The Hall–Kier alpha value is -1.20. The first-order chi connectivity index (χ1) is 6.25. The van der Waals surface area contributed by atoms with Crippen molar-refractivity contribution in [1.82, 2.24) is 0 Å². The van der Waals surface area contributed by atoms with Crippen LogP contribution in [0.4, 0.5) is 0 Å². The smallest absolute Gasteiger partial charge is 0.105 e. The molecular formula is C11H15NO. The molecule has 0 amide bonds. The number of unbranched alkanes of at least 4 members (excludes halogenated alkanes) is 1. The van der Waals surface area contributed by atoms with Gasteiger partial charge in [0.2, 0.25) is 0 Å². The molecule has 1 unspecified atom stereocenters. The van der Waals surface area contributed by atoms with Gasteiger partial charge in [0.15, 0.2) is 0 Å². The van der Waals surface area contributed by atoms with E-state index in [0.717, 1.165) is 30.6 Å². The summed E-state index contributed by atoms with van der Waals surface area (Å²) in [5.41, 5.74) is 7.05. The molecule has 0 aliphatic rings. The van der Waals surface area contributed by atoms with Crippen LogP contribution >= 0.6 is 0 Å². The average Bonchev–Trinajstić information content (AvgIpc) is 2.52. The van der Waals surface area contributed by atoms with Crippen LogP contribution in [-0.4, -0.2) is 0 Å². The molecule has 1 aromatic heterocycles. The monoisotopic (exact) mass is 177 g/mol. The summed E-state index contributed by atoms with van der Waals surface area (Å²) in [5, 5.41) is 0. The summed E-state index contributed by atoms with van der Waals surface area (Å²) in [6.07, 6.45) is 9.52. The van der Waals surface area contributed by atoms with Crippen LogP contribution in [0.15, 0.2) is 16.7 Å². The summed E-state index contributed by atoms with van der Waals surface area (Å²) in [6.45, 7) is 1.93. The van der Waals surface area contributed by atoms with E-state index in [0.29, 0.717) is 0 Å². The standard InChI is InChI=1S/C11H15NO/c1-3-4-5-6-11(12)10-7-8-13-9(10)2/h1,7-8,11H,4-6,12H2,2H3. The highest BCUT2D eigenvalue weighted by atomic mass is 16.3. The lowest BCUT2D eigenvalue weighted by Crippen LogP contribution is -2.10. The van der Waals surface area contributed by atoms with Gasteiger partial charge in [-0.15, -0.1) is 12.3 Å². The van der Waals surface area contributed by atoms with Gasteiger partial charge in [-0.2, -0.15) is 0 Å².